The van der Waals surface area contributed by atoms with Crippen LogP contribution in [0.2, 0.25) is 0 Å². The number of ether oxygens (including phenoxy) is 5. The fourth-order valence-electron chi connectivity index (χ4n) is 2.18. The molecule has 0 saturated carbocycles. The maximum atomic E-state index is 11.4. The van der Waals surface area contributed by atoms with Crippen LogP contribution in [0.15, 0.2) is 0 Å². The van der Waals surface area contributed by atoms with Crippen LogP contribution in [0.3, 0.4) is 0 Å². The SMILES string of the molecule is CC(=O)OCC1O[C@H](Br)[C@H](OC(C)=O)C(OC(C)=O)[C@@H]1OC(C)=O. The van der Waals surface area contributed by atoms with E-state index >= 15 is 0 Å². The molecule has 0 aromatic heterocycles. The summed E-state index contributed by atoms with van der Waals surface area (Å²) in [6.45, 7) is 4.47. The average molecular weight is 411 g/mol. The van der Waals surface area contributed by atoms with Crippen LogP contribution in [0.1, 0.15) is 27.7 Å². The zero-order valence-electron chi connectivity index (χ0n) is 13.6. The van der Waals surface area contributed by atoms with E-state index in [1.807, 2.05) is 0 Å². The minimum atomic E-state index is -1.13. The summed E-state index contributed by atoms with van der Waals surface area (Å²) >= 11 is 3.18. The monoisotopic (exact) mass is 410 g/mol. The Balaban J connectivity index is 3.11. The van der Waals surface area contributed by atoms with Gasteiger partial charge in [-0.3, -0.25) is 19.2 Å². The summed E-state index contributed by atoms with van der Waals surface area (Å²) in [6, 6.07) is 0. The summed E-state index contributed by atoms with van der Waals surface area (Å²) in [6.07, 6.45) is -4.22. The third-order valence-electron chi connectivity index (χ3n) is 2.93. The second-order valence-electron chi connectivity index (χ2n) is 5.05. The predicted molar refractivity (Wildman–Crippen MR) is 80.9 cm³/mol. The van der Waals surface area contributed by atoms with Gasteiger partial charge in [0.15, 0.2) is 23.3 Å². The maximum absolute atomic E-state index is 11.4. The van der Waals surface area contributed by atoms with Gasteiger partial charge in [0.1, 0.15) is 12.7 Å². The van der Waals surface area contributed by atoms with Crippen LogP contribution in [-0.2, 0) is 42.9 Å². The molecular formula is C14H19BrO9. The standard InChI is InChI=1S/C14H19BrO9/c1-6(16)20-5-10-11(21-7(2)17)12(22-8(3)18)13(14(15)24-10)23-9(4)19/h10-14H,5H2,1-4H3/t10?,11-,12?,13-,14+/m1/s1. The lowest BCUT2D eigenvalue weighted by Crippen LogP contribution is -2.60. The van der Waals surface area contributed by atoms with Crippen LogP contribution < -0.4 is 0 Å². The number of hydrogen-bond donors (Lipinski definition) is 0. The Bertz CT molecular complexity index is 506. The molecule has 1 fully saturated rings. The van der Waals surface area contributed by atoms with Crippen molar-refractivity contribution in [2.24, 2.45) is 0 Å². The van der Waals surface area contributed by atoms with Gasteiger partial charge >= 0.3 is 23.9 Å². The van der Waals surface area contributed by atoms with Crippen LogP contribution in [0.4, 0.5) is 0 Å². The van der Waals surface area contributed by atoms with Crippen molar-refractivity contribution in [2.75, 3.05) is 6.61 Å². The molecule has 1 aliphatic heterocycles. The van der Waals surface area contributed by atoms with E-state index in [4.69, 9.17) is 23.7 Å². The Kier molecular flexibility index (Phi) is 7.61. The zero-order valence-corrected chi connectivity index (χ0v) is 15.2. The first-order valence-electron chi connectivity index (χ1n) is 7.06. The number of halogens is 1. The van der Waals surface area contributed by atoms with Crippen LogP contribution >= 0.6 is 15.9 Å². The molecule has 0 bridgehead atoms. The lowest BCUT2D eigenvalue weighted by atomic mass is 9.99. The number of carbonyl (C=O) groups excluding carboxylic acids is 4. The second kappa shape index (κ2) is 8.97. The lowest BCUT2D eigenvalue weighted by Gasteiger charge is -2.42. The average Bonchev–Trinajstić information content (AvgIpc) is 2.42. The summed E-state index contributed by atoms with van der Waals surface area (Å²) in [5, 5.41) is -0.863. The first kappa shape index (κ1) is 20.4. The van der Waals surface area contributed by atoms with Crippen LogP contribution in [-0.4, -0.2) is 59.9 Å². The van der Waals surface area contributed by atoms with E-state index in [0.29, 0.717) is 0 Å². The van der Waals surface area contributed by atoms with Gasteiger partial charge in [-0.15, -0.1) is 0 Å². The summed E-state index contributed by atoms with van der Waals surface area (Å²) in [4.78, 5) is 45.1. The van der Waals surface area contributed by atoms with Gasteiger partial charge in [-0.05, 0) is 0 Å². The minimum Gasteiger partial charge on any atom is -0.463 e. The van der Waals surface area contributed by atoms with Crippen molar-refractivity contribution < 1.29 is 42.9 Å². The van der Waals surface area contributed by atoms with Crippen molar-refractivity contribution in [1.82, 2.24) is 0 Å². The molecule has 1 saturated heterocycles. The third-order valence-corrected chi connectivity index (χ3v) is 3.67. The second-order valence-corrected chi connectivity index (χ2v) is 5.95. The smallest absolute Gasteiger partial charge is 0.303 e. The van der Waals surface area contributed by atoms with Crippen molar-refractivity contribution >= 4 is 39.8 Å². The van der Waals surface area contributed by atoms with Gasteiger partial charge in [-0.25, -0.2) is 0 Å². The summed E-state index contributed by atoms with van der Waals surface area (Å²) in [5.74, 6) is -2.52. The molecule has 0 amide bonds. The molecule has 0 N–H and O–H groups in total. The number of rotatable bonds is 5. The van der Waals surface area contributed by atoms with Crippen molar-refractivity contribution in [2.45, 2.75) is 57.1 Å². The highest BCUT2D eigenvalue weighted by atomic mass is 79.9. The van der Waals surface area contributed by atoms with Crippen LogP contribution in [0.25, 0.3) is 0 Å². The molecule has 0 aromatic carbocycles. The van der Waals surface area contributed by atoms with Gasteiger partial charge < -0.3 is 23.7 Å². The Labute approximate surface area is 147 Å². The Hall–Kier alpha value is -1.68. The van der Waals surface area contributed by atoms with Crippen molar-refractivity contribution in [1.29, 1.82) is 0 Å². The van der Waals surface area contributed by atoms with E-state index in [2.05, 4.69) is 15.9 Å². The molecule has 1 heterocycles. The number of carbonyl (C=O) groups is 4. The highest BCUT2D eigenvalue weighted by Crippen LogP contribution is 2.31. The first-order valence-corrected chi connectivity index (χ1v) is 7.98. The third kappa shape index (κ3) is 6.08. The highest BCUT2D eigenvalue weighted by Gasteiger charge is 2.51. The van der Waals surface area contributed by atoms with Gasteiger partial charge in [-0.2, -0.15) is 0 Å². The number of esters is 4. The topological polar surface area (TPSA) is 114 Å². The van der Waals surface area contributed by atoms with E-state index < -0.39 is 53.3 Å². The maximum Gasteiger partial charge on any atom is 0.303 e. The Morgan fingerprint density at radius 3 is 1.71 bits per heavy atom. The molecule has 0 radical (unpaired) electrons. The molecule has 10 heteroatoms. The van der Waals surface area contributed by atoms with Gasteiger partial charge in [0.2, 0.25) is 0 Å². The zero-order chi connectivity index (χ0) is 18.4. The van der Waals surface area contributed by atoms with E-state index in [9.17, 15) is 19.2 Å². The molecule has 136 valence electrons. The summed E-state index contributed by atoms with van der Waals surface area (Å²) in [5.41, 5.74) is 0. The van der Waals surface area contributed by atoms with Crippen molar-refractivity contribution in [3.63, 3.8) is 0 Å². The Morgan fingerprint density at radius 1 is 0.792 bits per heavy atom. The molecule has 1 rings (SSSR count). The number of alkyl halides is 1. The van der Waals surface area contributed by atoms with Crippen LogP contribution in [0.5, 0.6) is 0 Å². The van der Waals surface area contributed by atoms with Crippen LogP contribution in [0, 0.1) is 0 Å². The molecule has 2 unspecified atom stereocenters. The molecule has 0 spiro atoms. The summed E-state index contributed by atoms with van der Waals surface area (Å²) < 4.78 is 25.9. The largest absolute Gasteiger partial charge is 0.463 e. The molecule has 0 aromatic rings. The van der Waals surface area contributed by atoms with Crippen molar-refractivity contribution in [3.8, 4) is 0 Å². The minimum absolute atomic E-state index is 0.236. The Morgan fingerprint density at radius 2 is 1.25 bits per heavy atom. The van der Waals surface area contributed by atoms with Gasteiger partial charge in [-0.1, -0.05) is 15.9 Å². The molecule has 5 atom stereocenters. The molecular weight excluding hydrogens is 392 g/mol. The van der Waals surface area contributed by atoms with Gasteiger partial charge in [0.05, 0.1) is 0 Å². The van der Waals surface area contributed by atoms with E-state index in [0.717, 1.165) is 13.8 Å². The quantitative estimate of drug-likeness (QED) is 0.362. The molecule has 9 nitrogen and oxygen atoms in total. The highest BCUT2D eigenvalue weighted by molar-refractivity contribution is 9.09. The van der Waals surface area contributed by atoms with Crippen molar-refractivity contribution in [3.05, 3.63) is 0 Å². The summed E-state index contributed by atoms with van der Waals surface area (Å²) in [7, 11) is 0. The number of hydrogen-bond acceptors (Lipinski definition) is 9. The van der Waals surface area contributed by atoms with Gasteiger partial charge in [0, 0.05) is 27.7 Å². The fraction of sp³-hybridized carbons (Fsp3) is 0.714. The molecule has 24 heavy (non-hydrogen) atoms. The lowest BCUT2D eigenvalue weighted by molar-refractivity contribution is -0.236. The normalized spacial score (nSPS) is 29.3. The predicted octanol–water partition coefficient (Wildman–Crippen LogP) is 0.464. The van der Waals surface area contributed by atoms with E-state index in [-0.39, 0.29) is 6.61 Å². The van der Waals surface area contributed by atoms with E-state index in [1.165, 1.54) is 13.8 Å². The molecule has 1 aliphatic rings. The van der Waals surface area contributed by atoms with E-state index in [1.54, 1.807) is 0 Å². The fourth-order valence-corrected chi connectivity index (χ4v) is 2.86. The molecule has 0 aliphatic carbocycles. The first-order chi connectivity index (χ1) is 11.1. The van der Waals surface area contributed by atoms with Gasteiger partial charge in [0.25, 0.3) is 0 Å².